The zero-order valence-corrected chi connectivity index (χ0v) is 10.3. The number of rotatable bonds is 4. The van der Waals surface area contributed by atoms with Crippen LogP contribution in [0.3, 0.4) is 0 Å². The summed E-state index contributed by atoms with van der Waals surface area (Å²) in [4.78, 5) is 6.77. The molecule has 1 unspecified atom stereocenters. The number of piperidine rings is 1. The fourth-order valence-electron chi connectivity index (χ4n) is 2.32. The van der Waals surface area contributed by atoms with Gasteiger partial charge in [-0.1, -0.05) is 6.42 Å². The molecule has 1 atom stereocenters. The first-order valence-corrected chi connectivity index (χ1v) is 6.14. The van der Waals surface area contributed by atoms with Crippen LogP contribution in [0.5, 0.6) is 0 Å². The van der Waals surface area contributed by atoms with Crippen LogP contribution in [-0.2, 0) is 13.6 Å². The summed E-state index contributed by atoms with van der Waals surface area (Å²) >= 11 is 0. The Morgan fingerprint density at radius 3 is 3.00 bits per heavy atom. The zero-order chi connectivity index (χ0) is 11.4. The average molecular weight is 222 g/mol. The third kappa shape index (κ3) is 2.83. The van der Waals surface area contributed by atoms with Crippen molar-refractivity contribution in [2.45, 2.75) is 31.8 Å². The van der Waals surface area contributed by atoms with Gasteiger partial charge >= 0.3 is 0 Å². The number of likely N-dealkylation sites (tertiary alicyclic amines) is 1. The van der Waals surface area contributed by atoms with Gasteiger partial charge in [0.2, 0.25) is 0 Å². The van der Waals surface area contributed by atoms with Crippen molar-refractivity contribution in [2.24, 2.45) is 7.05 Å². The van der Waals surface area contributed by atoms with Crippen molar-refractivity contribution in [3.05, 3.63) is 18.2 Å². The summed E-state index contributed by atoms with van der Waals surface area (Å²) in [5.74, 6) is 1.11. The number of likely N-dealkylation sites (N-methyl/N-ethyl adjacent to an activating group) is 1. The van der Waals surface area contributed by atoms with E-state index in [2.05, 4.69) is 26.8 Å². The molecule has 1 fully saturated rings. The van der Waals surface area contributed by atoms with E-state index < -0.39 is 0 Å². The summed E-state index contributed by atoms with van der Waals surface area (Å²) in [6.07, 6.45) is 7.89. The van der Waals surface area contributed by atoms with Crippen LogP contribution in [0.1, 0.15) is 25.1 Å². The minimum atomic E-state index is 0.703. The predicted octanol–water partition coefficient (Wildman–Crippen LogP) is 0.994. The summed E-state index contributed by atoms with van der Waals surface area (Å²) in [5.41, 5.74) is 0. The number of aromatic nitrogens is 2. The summed E-state index contributed by atoms with van der Waals surface area (Å²) < 4.78 is 2.07. The Labute approximate surface area is 97.7 Å². The van der Waals surface area contributed by atoms with Crippen molar-refractivity contribution in [3.63, 3.8) is 0 Å². The summed E-state index contributed by atoms with van der Waals surface area (Å²) in [7, 11) is 4.27. The molecule has 0 spiro atoms. The molecule has 0 bridgehead atoms. The van der Waals surface area contributed by atoms with E-state index in [0.717, 1.165) is 18.9 Å². The lowest BCUT2D eigenvalue weighted by Gasteiger charge is -2.32. The van der Waals surface area contributed by atoms with Gasteiger partial charge in [-0.25, -0.2) is 4.98 Å². The van der Waals surface area contributed by atoms with Crippen molar-refractivity contribution in [1.82, 2.24) is 19.8 Å². The summed E-state index contributed by atoms with van der Waals surface area (Å²) in [6.45, 7) is 3.19. The number of nitrogens with zero attached hydrogens (tertiary/aromatic N) is 3. The van der Waals surface area contributed by atoms with Crippen molar-refractivity contribution in [2.75, 3.05) is 20.1 Å². The van der Waals surface area contributed by atoms with Crippen molar-refractivity contribution in [3.8, 4) is 0 Å². The molecule has 0 radical (unpaired) electrons. The monoisotopic (exact) mass is 222 g/mol. The Bertz CT molecular complexity index is 321. The molecule has 1 aromatic heterocycles. The molecular formula is C12H22N4. The Hall–Kier alpha value is -0.870. The number of aryl methyl sites for hydroxylation is 1. The van der Waals surface area contributed by atoms with Crippen LogP contribution in [0.4, 0.5) is 0 Å². The third-order valence-corrected chi connectivity index (χ3v) is 3.51. The fraction of sp³-hybridized carbons (Fsp3) is 0.750. The van der Waals surface area contributed by atoms with Gasteiger partial charge in [0.05, 0.1) is 6.54 Å². The van der Waals surface area contributed by atoms with Crippen LogP contribution in [0.2, 0.25) is 0 Å². The second-order valence-electron chi connectivity index (χ2n) is 4.72. The van der Waals surface area contributed by atoms with Gasteiger partial charge in [-0.15, -0.1) is 0 Å². The number of hydrogen-bond acceptors (Lipinski definition) is 3. The molecule has 1 N–H and O–H groups in total. The van der Waals surface area contributed by atoms with Crippen LogP contribution in [-0.4, -0.2) is 40.6 Å². The van der Waals surface area contributed by atoms with E-state index in [1.807, 2.05) is 19.4 Å². The lowest BCUT2D eigenvalue weighted by atomic mass is 10.0. The van der Waals surface area contributed by atoms with E-state index in [0.29, 0.717) is 6.04 Å². The van der Waals surface area contributed by atoms with Gasteiger partial charge in [-0.3, -0.25) is 0 Å². The van der Waals surface area contributed by atoms with Crippen LogP contribution in [0, 0.1) is 0 Å². The molecule has 1 aliphatic rings. The lowest BCUT2D eigenvalue weighted by molar-refractivity contribution is 0.181. The molecule has 0 amide bonds. The van der Waals surface area contributed by atoms with Crippen LogP contribution >= 0.6 is 0 Å². The fourth-order valence-corrected chi connectivity index (χ4v) is 2.32. The summed E-state index contributed by atoms with van der Waals surface area (Å²) in [5, 5.41) is 3.50. The van der Waals surface area contributed by atoms with Crippen molar-refractivity contribution in [1.29, 1.82) is 0 Å². The van der Waals surface area contributed by atoms with Crippen molar-refractivity contribution < 1.29 is 0 Å². The van der Waals surface area contributed by atoms with E-state index in [1.165, 1.54) is 25.8 Å². The minimum Gasteiger partial charge on any atom is -0.337 e. The number of imidazole rings is 1. The third-order valence-electron chi connectivity index (χ3n) is 3.51. The lowest BCUT2D eigenvalue weighted by Crippen LogP contribution is -2.43. The smallest absolute Gasteiger partial charge is 0.122 e. The Morgan fingerprint density at radius 2 is 2.31 bits per heavy atom. The maximum absolute atomic E-state index is 4.30. The van der Waals surface area contributed by atoms with Gasteiger partial charge in [-0.05, 0) is 26.4 Å². The number of nitrogens with one attached hydrogen (secondary N) is 1. The quantitative estimate of drug-likeness (QED) is 0.825. The van der Waals surface area contributed by atoms with Gasteiger partial charge in [0, 0.05) is 32.0 Å². The highest BCUT2D eigenvalue weighted by molar-refractivity contribution is 4.90. The van der Waals surface area contributed by atoms with Crippen LogP contribution < -0.4 is 5.32 Å². The first kappa shape index (κ1) is 11.6. The normalized spacial score (nSPS) is 22.5. The van der Waals surface area contributed by atoms with Gasteiger partial charge in [0.15, 0.2) is 0 Å². The highest BCUT2D eigenvalue weighted by atomic mass is 15.2. The van der Waals surface area contributed by atoms with Crippen molar-refractivity contribution >= 4 is 0 Å². The Kier molecular flexibility index (Phi) is 3.96. The largest absolute Gasteiger partial charge is 0.337 e. The van der Waals surface area contributed by atoms with E-state index in [1.54, 1.807) is 0 Å². The molecule has 2 rings (SSSR count). The minimum absolute atomic E-state index is 0.703. The molecule has 90 valence electrons. The molecule has 1 aromatic rings. The molecule has 2 heterocycles. The molecule has 0 saturated carbocycles. The van der Waals surface area contributed by atoms with Crippen LogP contribution in [0.15, 0.2) is 12.4 Å². The van der Waals surface area contributed by atoms with Gasteiger partial charge < -0.3 is 14.8 Å². The maximum Gasteiger partial charge on any atom is 0.122 e. The standard InChI is InChI=1S/C12H22N4/c1-15-7-4-3-5-11(15)9-13-10-12-14-6-8-16(12)2/h6,8,11,13H,3-5,7,9-10H2,1-2H3. The first-order valence-electron chi connectivity index (χ1n) is 6.14. The van der Waals surface area contributed by atoms with E-state index >= 15 is 0 Å². The van der Waals surface area contributed by atoms with Gasteiger partial charge in [0.25, 0.3) is 0 Å². The Balaban J connectivity index is 1.73. The molecular weight excluding hydrogens is 200 g/mol. The molecule has 1 aliphatic heterocycles. The molecule has 0 aliphatic carbocycles. The zero-order valence-electron chi connectivity index (χ0n) is 10.3. The second kappa shape index (κ2) is 5.46. The summed E-state index contributed by atoms with van der Waals surface area (Å²) in [6, 6.07) is 0.703. The van der Waals surface area contributed by atoms with E-state index in [4.69, 9.17) is 0 Å². The topological polar surface area (TPSA) is 33.1 Å². The van der Waals surface area contributed by atoms with Crippen LogP contribution in [0.25, 0.3) is 0 Å². The maximum atomic E-state index is 4.30. The molecule has 4 nitrogen and oxygen atoms in total. The van der Waals surface area contributed by atoms with E-state index in [-0.39, 0.29) is 0 Å². The first-order chi connectivity index (χ1) is 7.77. The van der Waals surface area contributed by atoms with Gasteiger partial charge in [0.1, 0.15) is 5.82 Å². The molecule has 1 saturated heterocycles. The molecule has 0 aromatic carbocycles. The highest BCUT2D eigenvalue weighted by Crippen LogP contribution is 2.13. The molecule has 16 heavy (non-hydrogen) atoms. The average Bonchev–Trinajstić information content (AvgIpc) is 2.67. The van der Waals surface area contributed by atoms with Gasteiger partial charge in [-0.2, -0.15) is 0 Å². The van der Waals surface area contributed by atoms with E-state index in [9.17, 15) is 0 Å². The predicted molar refractivity (Wildman–Crippen MR) is 65.2 cm³/mol. The second-order valence-corrected chi connectivity index (χ2v) is 4.72. The highest BCUT2D eigenvalue weighted by Gasteiger charge is 2.18. The Morgan fingerprint density at radius 1 is 1.44 bits per heavy atom. The SMILES string of the molecule is CN1CCCCC1CNCc1nccn1C. The number of hydrogen-bond donors (Lipinski definition) is 1. The molecule has 4 heteroatoms.